The first-order chi connectivity index (χ1) is 9.52. The molecule has 1 aliphatic carbocycles. The number of carbonyl (C=O) groups is 2. The fraction of sp³-hybridized carbons (Fsp3) is 0.500. The Kier molecular flexibility index (Phi) is 4.34. The van der Waals surface area contributed by atoms with Gasteiger partial charge in [-0.25, -0.2) is 0 Å². The van der Waals surface area contributed by atoms with Gasteiger partial charge in [-0.3, -0.25) is 14.4 Å². The summed E-state index contributed by atoms with van der Waals surface area (Å²) < 4.78 is 4.82. The van der Waals surface area contributed by atoms with E-state index in [4.69, 9.17) is 4.74 Å². The van der Waals surface area contributed by atoms with Crippen molar-refractivity contribution in [1.82, 2.24) is 10.3 Å². The Labute approximate surface area is 116 Å². The molecule has 0 spiro atoms. The molecular weight excluding hydrogens is 260 g/mol. The first kappa shape index (κ1) is 14.5. The van der Waals surface area contributed by atoms with Crippen molar-refractivity contribution in [1.29, 1.82) is 0 Å². The zero-order valence-corrected chi connectivity index (χ0v) is 11.6. The number of rotatable bonds is 4. The van der Waals surface area contributed by atoms with Gasteiger partial charge < -0.3 is 15.0 Å². The number of aromatic amines is 1. The second-order valence-corrected chi connectivity index (χ2v) is 5.09. The molecule has 20 heavy (non-hydrogen) atoms. The molecule has 2 rings (SSSR count). The van der Waals surface area contributed by atoms with Crippen LogP contribution in [0.4, 0.5) is 0 Å². The maximum atomic E-state index is 12.0. The number of Topliss-reactive ketones (excluding diaryl/α,β-unsaturated/α-hetero) is 1. The lowest BCUT2D eigenvalue weighted by atomic mass is 9.86. The van der Waals surface area contributed by atoms with Crippen molar-refractivity contribution < 1.29 is 14.3 Å². The summed E-state index contributed by atoms with van der Waals surface area (Å²) in [5.74, 6) is -0.300. The summed E-state index contributed by atoms with van der Waals surface area (Å²) in [6, 6.07) is 1.41. The predicted octanol–water partition coefficient (Wildman–Crippen LogP) is 0.516. The molecule has 108 valence electrons. The third-order valence-electron chi connectivity index (χ3n) is 3.35. The molecule has 0 radical (unpaired) electrons. The summed E-state index contributed by atoms with van der Waals surface area (Å²) in [7, 11) is 1.53. The van der Waals surface area contributed by atoms with Gasteiger partial charge in [-0.2, -0.15) is 0 Å². The minimum Gasteiger partial charge on any atom is -0.383 e. The Bertz CT molecular complexity index is 591. The number of methoxy groups -OCH3 is 1. The average Bonchev–Trinajstić information content (AvgIpc) is 2.37. The Hall–Kier alpha value is -1.95. The molecule has 1 amide bonds. The lowest BCUT2D eigenvalue weighted by Gasteiger charge is -2.20. The number of amides is 1. The van der Waals surface area contributed by atoms with Crippen LogP contribution in [0.2, 0.25) is 0 Å². The second kappa shape index (κ2) is 6.00. The van der Waals surface area contributed by atoms with E-state index < -0.39 is 11.5 Å². The molecule has 0 aliphatic heterocycles. The standard InChI is InChI=1S/C14H18N2O4/c1-8-5-11-9(12(17)6-8)7-10(14(19)16-11)13(18)15-3-4-20-2/h7-8H,3-6H2,1-2H3,(H,15,18)(H,16,19). The van der Waals surface area contributed by atoms with Gasteiger partial charge in [0.05, 0.1) is 6.61 Å². The van der Waals surface area contributed by atoms with E-state index >= 15 is 0 Å². The lowest BCUT2D eigenvalue weighted by Crippen LogP contribution is -2.34. The fourth-order valence-corrected chi connectivity index (χ4v) is 2.36. The van der Waals surface area contributed by atoms with Crippen LogP contribution >= 0.6 is 0 Å². The zero-order valence-electron chi connectivity index (χ0n) is 11.6. The van der Waals surface area contributed by atoms with E-state index in [1.54, 1.807) is 0 Å². The third kappa shape index (κ3) is 2.96. The summed E-state index contributed by atoms with van der Waals surface area (Å²) in [6.45, 7) is 2.65. The normalized spacial score (nSPS) is 17.7. The number of fused-ring (bicyclic) bond motifs is 1. The molecule has 1 heterocycles. The fourth-order valence-electron chi connectivity index (χ4n) is 2.36. The number of aromatic nitrogens is 1. The molecule has 0 aromatic carbocycles. The molecule has 1 atom stereocenters. The van der Waals surface area contributed by atoms with Gasteiger partial charge in [0.1, 0.15) is 5.56 Å². The molecule has 1 aromatic heterocycles. The van der Waals surface area contributed by atoms with Gasteiger partial charge in [0.25, 0.3) is 11.5 Å². The van der Waals surface area contributed by atoms with Crippen molar-refractivity contribution in [2.75, 3.05) is 20.3 Å². The quantitative estimate of drug-likeness (QED) is 0.786. The van der Waals surface area contributed by atoms with Crippen molar-refractivity contribution in [3.63, 3.8) is 0 Å². The topological polar surface area (TPSA) is 88.3 Å². The van der Waals surface area contributed by atoms with E-state index in [0.29, 0.717) is 37.3 Å². The van der Waals surface area contributed by atoms with Crippen LogP contribution in [-0.4, -0.2) is 36.9 Å². The number of ether oxygens (including phenoxy) is 1. The Morgan fingerprint density at radius 3 is 2.90 bits per heavy atom. The molecule has 2 N–H and O–H groups in total. The van der Waals surface area contributed by atoms with Gasteiger partial charge >= 0.3 is 0 Å². The molecule has 1 aliphatic rings. The highest BCUT2D eigenvalue weighted by atomic mass is 16.5. The van der Waals surface area contributed by atoms with Gasteiger partial charge in [0.2, 0.25) is 0 Å². The molecule has 6 nitrogen and oxygen atoms in total. The summed E-state index contributed by atoms with van der Waals surface area (Å²) in [5, 5.41) is 2.58. The molecule has 0 saturated heterocycles. The van der Waals surface area contributed by atoms with Crippen molar-refractivity contribution >= 4 is 11.7 Å². The maximum absolute atomic E-state index is 12.0. The van der Waals surface area contributed by atoms with E-state index in [1.165, 1.54) is 13.2 Å². The molecule has 1 aromatic rings. The van der Waals surface area contributed by atoms with E-state index in [1.807, 2.05) is 6.92 Å². The van der Waals surface area contributed by atoms with Gasteiger partial charge in [-0.1, -0.05) is 6.92 Å². The van der Waals surface area contributed by atoms with Crippen molar-refractivity contribution in [3.8, 4) is 0 Å². The van der Waals surface area contributed by atoms with Crippen LogP contribution in [0.1, 0.15) is 39.8 Å². The number of carbonyl (C=O) groups excluding carboxylic acids is 2. The van der Waals surface area contributed by atoms with Crippen LogP contribution in [0.5, 0.6) is 0 Å². The van der Waals surface area contributed by atoms with Crippen molar-refractivity contribution in [3.05, 3.63) is 33.2 Å². The molecule has 0 fully saturated rings. The molecular formula is C14H18N2O4. The van der Waals surface area contributed by atoms with Gasteiger partial charge in [0, 0.05) is 31.3 Å². The van der Waals surface area contributed by atoms with Crippen LogP contribution in [0, 0.1) is 5.92 Å². The van der Waals surface area contributed by atoms with Crippen LogP contribution in [-0.2, 0) is 11.2 Å². The number of hydrogen-bond donors (Lipinski definition) is 2. The summed E-state index contributed by atoms with van der Waals surface area (Å²) in [5.41, 5.74) is 0.607. The second-order valence-electron chi connectivity index (χ2n) is 5.09. The summed E-state index contributed by atoms with van der Waals surface area (Å²) in [4.78, 5) is 38.4. The summed E-state index contributed by atoms with van der Waals surface area (Å²) in [6.07, 6.45) is 1.10. The van der Waals surface area contributed by atoms with E-state index in [9.17, 15) is 14.4 Å². The lowest BCUT2D eigenvalue weighted by molar-refractivity contribution is 0.0935. The highest BCUT2D eigenvalue weighted by Gasteiger charge is 2.25. The number of H-pyrrole nitrogens is 1. The van der Waals surface area contributed by atoms with Gasteiger partial charge in [-0.05, 0) is 18.4 Å². The van der Waals surface area contributed by atoms with Crippen LogP contribution in [0.25, 0.3) is 0 Å². The Morgan fingerprint density at radius 1 is 1.45 bits per heavy atom. The minimum absolute atomic E-state index is 0.0252. The third-order valence-corrected chi connectivity index (χ3v) is 3.35. The molecule has 0 bridgehead atoms. The van der Waals surface area contributed by atoms with Crippen LogP contribution in [0.3, 0.4) is 0 Å². The Morgan fingerprint density at radius 2 is 2.20 bits per heavy atom. The minimum atomic E-state index is -0.488. The Balaban J connectivity index is 2.28. The number of hydrogen-bond acceptors (Lipinski definition) is 4. The highest BCUT2D eigenvalue weighted by Crippen LogP contribution is 2.23. The maximum Gasteiger partial charge on any atom is 0.261 e. The van der Waals surface area contributed by atoms with E-state index in [0.717, 1.165) is 0 Å². The smallest absolute Gasteiger partial charge is 0.261 e. The first-order valence-corrected chi connectivity index (χ1v) is 6.59. The zero-order chi connectivity index (χ0) is 14.7. The molecule has 6 heteroatoms. The van der Waals surface area contributed by atoms with Crippen LogP contribution < -0.4 is 10.9 Å². The number of nitrogens with one attached hydrogen (secondary N) is 2. The van der Waals surface area contributed by atoms with Crippen molar-refractivity contribution in [2.45, 2.75) is 19.8 Å². The highest BCUT2D eigenvalue weighted by molar-refractivity contribution is 6.01. The number of ketones is 1. The van der Waals surface area contributed by atoms with E-state index in [2.05, 4.69) is 10.3 Å². The molecule has 1 unspecified atom stereocenters. The van der Waals surface area contributed by atoms with E-state index in [-0.39, 0.29) is 17.3 Å². The van der Waals surface area contributed by atoms with Crippen molar-refractivity contribution in [2.24, 2.45) is 5.92 Å². The average molecular weight is 278 g/mol. The van der Waals surface area contributed by atoms with Gasteiger partial charge in [-0.15, -0.1) is 0 Å². The largest absolute Gasteiger partial charge is 0.383 e. The monoisotopic (exact) mass is 278 g/mol. The predicted molar refractivity (Wildman–Crippen MR) is 73.1 cm³/mol. The van der Waals surface area contributed by atoms with Gasteiger partial charge in [0.15, 0.2) is 5.78 Å². The SMILES string of the molecule is COCCNC(=O)c1cc2c([nH]c1=O)CC(C)CC2=O. The first-order valence-electron chi connectivity index (χ1n) is 6.59. The molecule has 0 saturated carbocycles. The van der Waals surface area contributed by atoms with Crippen LogP contribution in [0.15, 0.2) is 10.9 Å². The summed E-state index contributed by atoms with van der Waals surface area (Å²) >= 11 is 0. The number of pyridine rings is 1.